The van der Waals surface area contributed by atoms with E-state index in [4.69, 9.17) is 4.74 Å². The Hall–Kier alpha value is -1.35. The Morgan fingerprint density at radius 3 is 2.75 bits per heavy atom. The molecule has 0 aliphatic heterocycles. The molecule has 1 aromatic rings. The van der Waals surface area contributed by atoms with E-state index in [-0.39, 0.29) is 0 Å². The fraction of sp³-hybridized carbons (Fsp3) is 0.588. The molecule has 0 spiro atoms. The first-order chi connectivity index (χ1) is 9.68. The van der Waals surface area contributed by atoms with Crippen molar-refractivity contribution in [2.24, 2.45) is 5.41 Å². The number of ether oxygens (including phenoxy) is 1. The van der Waals surface area contributed by atoms with Crippen molar-refractivity contribution in [1.82, 2.24) is 0 Å². The van der Waals surface area contributed by atoms with E-state index < -0.39 is 11.4 Å². The normalized spacial score (nSPS) is 21.4. The summed E-state index contributed by atoms with van der Waals surface area (Å²) in [6, 6.07) is 8.19. The second kappa shape index (κ2) is 6.89. The minimum Gasteiger partial charge on any atom is -0.481 e. The van der Waals surface area contributed by atoms with Crippen molar-refractivity contribution in [3.63, 3.8) is 0 Å². The highest BCUT2D eigenvalue weighted by Gasteiger charge is 2.40. The molecule has 1 aromatic carbocycles. The lowest BCUT2D eigenvalue weighted by molar-refractivity contribution is -0.151. The summed E-state index contributed by atoms with van der Waals surface area (Å²) in [6.45, 7) is 3.41. The molecule has 110 valence electrons. The van der Waals surface area contributed by atoms with E-state index in [1.807, 2.05) is 12.1 Å². The maximum absolute atomic E-state index is 11.8. The third-order valence-electron chi connectivity index (χ3n) is 4.34. The van der Waals surface area contributed by atoms with Gasteiger partial charge in [-0.15, -0.1) is 0 Å². The zero-order chi connectivity index (χ0) is 14.4. The first-order valence-electron chi connectivity index (χ1n) is 7.56. The number of hydrogen-bond donors (Lipinski definition) is 1. The van der Waals surface area contributed by atoms with Gasteiger partial charge in [-0.2, -0.15) is 0 Å². The highest BCUT2D eigenvalue weighted by atomic mass is 16.5. The fourth-order valence-corrected chi connectivity index (χ4v) is 2.92. The molecular weight excluding hydrogens is 252 g/mol. The Bertz CT molecular complexity index is 455. The quantitative estimate of drug-likeness (QED) is 0.776. The molecular formula is C17H24O3. The van der Waals surface area contributed by atoms with Crippen LogP contribution in [-0.4, -0.2) is 24.3 Å². The number of fused-ring (bicyclic) bond motifs is 1. The van der Waals surface area contributed by atoms with Gasteiger partial charge in [-0.05, 0) is 43.2 Å². The molecule has 1 atom stereocenters. The van der Waals surface area contributed by atoms with Gasteiger partial charge in [0, 0.05) is 13.2 Å². The van der Waals surface area contributed by atoms with Gasteiger partial charge in [-0.25, -0.2) is 0 Å². The van der Waals surface area contributed by atoms with Crippen LogP contribution in [0.15, 0.2) is 24.3 Å². The van der Waals surface area contributed by atoms with Crippen LogP contribution < -0.4 is 0 Å². The average Bonchev–Trinajstić information content (AvgIpc) is 2.46. The van der Waals surface area contributed by atoms with Gasteiger partial charge in [-0.3, -0.25) is 4.79 Å². The third-order valence-corrected chi connectivity index (χ3v) is 4.34. The molecule has 0 bridgehead atoms. The van der Waals surface area contributed by atoms with Crippen molar-refractivity contribution in [2.75, 3.05) is 13.2 Å². The number of carboxylic acid groups (broad SMARTS) is 1. The van der Waals surface area contributed by atoms with Gasteiger partial charge in [0.05, 0.1) is 5.41 Å². The van der Waals surface area contributed by atoms with E-state index >= 15 is 0 Å². The van der Waals surface area contributed by atoms with Gasteiger partial charge >= 0.3 is 5.97 Å². The molecule has 0 radical (unpaired) electrons. The summed E-state index contributed by atoms with van der Waals surface area (Å²) >= 11 is 0. The highest BCUT2D eigenvalue weighted by Crippen LogP contribution is 2.38. The molecule has 1 N–H and O–H groups in total. The zero-order valence-corrected chi connectivity index (χ0v) is 12.2. The zero-order valence-electron chi connectivity index (χ0n) is 12.2. The molecule has 3 heteroatoms. The first kappa shape index (κ1) is 15.0. The van der Waals surface area contributed by atoms with E-state index in [0.717, 1.165) is 32.3 Å². The van der Waals surface area contributed by atoms with Crippen LogP contribution in [0.25, 0.3) is 0 Å². The van der Waals surface area contributed by atoms with Crippen LogP contribution >= 0.6 is 0 Å². The maximum atomic E-state index is 11.8. The monoisotopic (exact) mass is 276 g/mol. The molecule has 0 saturated heterocycles. The number of carbonyl (C=O) groups is 1. The minimum atomic E-state index is -0.675. The first-order valence-corrected chi connectivity index (χ1v) is 7.56. The predicted molar refractivity (Wildman–Crippen MR) is 78.9 cm³/mol. The summed E-state index contributed by atoms with van der Waals surface area (Å²) in [5, 5.41) is 9.66. The molecule has 1 aliphatic carbocycles. The number of rotatable bonds is 7. The summed E-state index contributed by atoms with van der Waals surface area (Å²) in [6.07, 6.45) is 4.98. The Morgan fingerprint density at radius 2 is 2.05 bits per heavy atom. The second-order valence-corrected chi connectivity index (χ2v) is 5.75. The molecule has 0 fully saturated rings. The average molecular weight is 276 g/mol. The van der Waals surface area contributed by atoms with Crippen molar-refractivity contribution in [3.05, 3.63) is 35.4 Å². The van der Waals surface area contributed by atoms with E-state index in [0.29, 0.717) is 19.4 Å². The number of carboxylic acids is 1. The van der Waals surface area contributed by atoms with Crippen molar-refractivity contribution in [2.45, 2.75) is 45.4 Å². The number of hydrogen-bond acceptors (Lipinski definition) is 2. The van der Waals surface area contributed by atoms with Crippen LogP contribution in [0.1, 0.15) is 43.7 Å². The third kappa shape index (κ3) is 3.40. The molecule has 1 unspecified atom stereocenters. The predicted octanol–water partition coefficient (Wildman–Crippen LogP) is 3.45. The van der Waals surface area contributed by atoms with Crippen LogP contribution in [0.2, 0.25) is 0 Å². The largest absolute Gasteiger partial charge is 0.481 e. The lowest BCUT2D eigenvalue weighted by Gasteiger charge is -2.34. The highest BCUT2D eigenvalue weighted by molar-refractivity contribution is 5.75. The van der Waals surface area contributed by atoms with Crippen LogP contribution in [0, 0.1) is 5.41 Å². The summed E-state index contributed by atoms with van der Waals surface area (Å²) in [5.74, 6) is -0.675. The summed E-state index contributed by atoms with van der Waals surface area (Å²) in [7, 11) is 0. The van der Waals surface area contributed by atoms with Crippen LogP contribution in [-0.2, 0) is 22.4 Å². The molecule has 0 amide bonds. The van der Waals surface area contributed by atoms with Crippen molar-refractivity contribution < 1.29 is 14.6 Å². The lowest BCUT2D eigenvalue weighted by Crippen LogP contribution is -2.38. The Labute approximate surface area is 121 Å². The molecule has 1 aliphatic rings. The van der Waals surface area contributed by atoms with Gasteiger partial charge in [0.25, 0.3) is 0 Å². The summed E-state index contributed by atoms with van der Waals surface area (Å²) in [5.41, 5.74) is 1.85. The van der Waals surface area contributed by atoms with Crippen molar-refractivity contribution in [1.29, 1.82) is 0 Å². The van der Waals surface area contributed by atoms with Crippen LogP contribution in [0.3, 0.4) is 0 Å². The lowest BCUT2D eigenvalue weighted by atomic mass is 9.70. The van der Waals surface area contributed by atoms with Gasteiger partial charge < -0.3 is 9.84 Å². The van der Waals surface area contributed by atoms with E-state index in [9.17, 15) is 9.90 Å². The molecule has 0 aromatic heterocycles. The standard InChI is InChI=1S/C17H24O3/c1-2-3-11-20-12-10-17(16(18)19)9-8-14-6-4-5-7-15(14)13-17/h4-7H,2-3,8-13H2,1H3,(H,18,19). The molecule has 20 heavy (non-hydrogen) atoms. The Morgan fingerprint density at radius 1 is 1.30 bits per heavy atom. The number of aliphatic carboxylic acids is 1. The van der Waals surface area contributed by atoms with Crippen molar-refractivity contribution in [3.8, 4) is 0 Å². The summed E-state index contributed by atoms with van der Waals surface area (Å²) in [4.78, 5) is 11.8. The topological polar surface area (TPSA) is 46.5 Å². The number of unbranched alkanes of at least 4 members (excludes halogenated alkanes) is 1. The fourth-order valence-electron chi connectivity index (χ4n) is 2.92. The van der Waals surface area contributed by atoms with E-state index in [2.05, 4.69) is 19.1 Å². The van der Waals surface area contributed by atoms with Gasteiger partial charge in [-0.1, -0.05) is 37.6 Å². The number of benzene rings is 1. The van der Waals surface area contributed by atoms with Gasteiger partial charge in [0.2, 0.25) is 0 Å². The van der Waals surface area contributed by atoms with E-state index in [1.165, 1.54) is 11.1 Å². The molecule has 2 rings (SSSR count). The smallest absolute Gasteiger partial charge is 0.310 e. The minimum absolute atomic E-state index is 0.550. The second-order valence-electron chi connectivity index (χ2n) is 5.75. The summed E-state index contributed by atoms with van der Waals surface area (Å²) < 4.78 is 5.58. The maximum Gasteiger partial charge on any atom is 0.310 e. The van der Waals surface area contributed by atoms with Gasteiger partial charge in [0.15, 0.2) is 0 Å². The molecule has 3 nitrogen and oxygen atoms in total. The van der Waals surface area contributed by atoms with E-state index in [1.54, 1.807) is 0 Å². The Balaban J connectivity index is 1.99. The SMILES string of the molecule is CCCCOCCC1(C(=O)O)CCc2ccccc2C1. The number of aryl methyl sites for hydroxylation is 1. The van der Waals surface area contributed by atoms with Gasteiger partial charge in [0.1, 0.15) is 0 Å². The Kier molecular flexibility index (Phi) is 5.18. The van der Waals surface area contributed by atoms with Crippen molar-refractivity contribution >= 4 is 5.97 Å². The molecule has 0 saturated carbocycles. The van der Waals surface area contributed by atoms with Crippen LogP contribution in [0.5, 0.6) is 0 Å². The van der Waals surface area contributed by atoms with Crippen LogP contribution in [0.4, 0.5) is 0 Å². The molecule has 0 heterocycles.